The largest absolute Gasteiger partial charge is 0.465 e. The monoisotopic (exact) mass is 270 g/mol. The van der Waals surface area contributed by atoms with Gasteiger partial charge in [-0.25, -0.2) is 0 Å². The van der Waals surface area contributed by atoms with Crippen molar-refractivity contribution in [2.24, 2.45) is 17.3 Å². The number of hydrogen-bond acceptors (Lipinski definition) is 4. The molecule has 0 unspecified atom stereocenters. The van der Waals surface area contributed by atoms with Gasteiger partial charge in [0.25, 0.3) is 0 Å². The second-order valence-electron chi connectivity index (χ2n) is 5.07. The van der Waals surface area contributed by atoms with Crippen molar-refractivity contribution in [2.45, 2.75) is 41.5 Å². The third-order valence-corrected chi connectivity index (χ3v) is 2.88. The number of rotatable bonds is 7. The number of hydrogen-bond donors (Lipinski definition) is 0. The van der Waals surface area contributed by atoms with Gasteiger partial charge in [-0.05, 0) is 25.7 Å². The number of allylic oxidation sites excluding steroid dienone is 1. The topological polar surface area (TPSA) is 52.6 Å². The van der Waals surface area contributed by atoms with Crippen LogP contribution in [0.2, 0.25) is 0 Å². The van der Waals surface area contributed by atoms with Gasteiger partial charge in [-0.15, -0.1) is 0 Å². The van der Waals surface area contributed by atoms with Gasteiger partial charge in [0, 0.05) is 0 Å². The molecule has 0 aromatic heterocycles. The molecule has 0 aliphatic carbocycles. The molecule has 0 spiro atoms. The summed E-state index contributed by atoms with van der Waals surface area (Å²) in [6.45, 7) is 11.5. The average molecular weight is 270 g/mol. The Balaban J connectivity index is 5.60. The Labute approximate surface area is 116 Å². The normalized spacial score (nSPS) is 12.2. The lowest BCUT2D eigenvalue weighted by Crippen LogP contribution is -2.44. The van der Waals surface area contributed by atoms with Gasteiger partial charge in [0.05, 0.1) is 13.2 Å². The van der Waals surface area contributed by atoms with E-state index >= 15 is 0 Å². The maximum atomic E-state index is 12.3. The zero-order valence-corrected chi connectivity index (χ0v) is 12.9. The van der Waals surface area contributed by atoms with Crippen LogP contribution in [0.15, 0.2) is 12.2 Å². The van der Waals surface area contributed by atoms with Gasteiger partial charge >= 0.3 is 11.9 Å². The SMILES string of the molecule is CCOC(=O)C(/C=C/C(C)C)(C(=O)OCC)C(C)C. The Morgan fingerprint density at radius 1 is 1.00 bits per heavy atom. The Morgan fingerprint density at radius 3 is 1.68 bits per heavy atom. The molecule has 0 bridgehead atoms. The Morgan fingerprint density at radius 2 is 1.42 bits per heavy atom. The fourth-order valence-electron chi connectivity index (χ4n) is 1.73. The smallest absolute Gasteiger partial charge is 0.327 e. The molecule has 19 heavy (non-hydrogen) atoms. The summed E-state index contributed by atoms with van der Waals surface area (Å²) in [5, 5.41) is 0. The fraction of sp³-hybridized carbons (Fsp3) is 0.733. The van der Waals surface area contributed by atoms with Crippen LogP contribution in [0.25, 0.3) is 0 Å². The van der Waals surface area contributed by atoms with Crippen molar-refractivity contribution in [3.8, 4) is 0 Å². The molecule has 0 atom stereocenters. The zero-order chi connectivity index (χ0) is 15.1. The van der Waals surface area contributed by atoms with E-state index < -0.39 is 17.4 Å². The predicted octanol–water partition coefficient (Wildman–Crippen LogP) is 2.97. The van der Waals surface area contributed by atoms with Crippen LogP contribution in [0.3, 0.4) is 0 Å². The molecule has 0 aliphatic rings. The molecule has 0 N–H and O–H groups in total. The highest BCUT2D eigenvalue weighted by molar-refractivity contribution is 6.02. The van der Waals surface area contributed by atoms with E-state index in [-0.39, 0.29) is 25.0 Å². The predicted molar refractivity (Wildman–Crippen MR) is 74.5 cm³/mol. The van der Waals surface area contributed by atoms with Crippen molar-refractivity contribution in [3.63, 3.8) is 0 Å². The summed E-state index contributed by atoms with van der Waals surface area (Å²) in [4.78, 5) is 24.5. The van der Waals surface area contributed by atoms with Crippen molar-refractivity contribution >= 4 is 11.9 Å². The number of carbonyl (C=O) groups excluding carboxylic acids is 2. The minimum absolute atomic E-state index is 0.236. The molecule has 0 aromatic carbocycles. The lowest BCUT2D eigenvalue weighted by Gasteiger charge is -2.30. The molecular formula is C15H26O4. The van der Waals surface area contributed by atoms with Gasteiger partial charge in [-0.3, -0.25) is 9.59 Å². The molecule has 0 aliphatic heterocycles. The quantitative estimate of drug-likeness (QED) is 0.405. The van der Waals surface area contributed by atoms with E-state index in [1.54, 1.807) is 19.9 Å². The molecule has 0 aromatic rings. The first-order valence-corrected chi connectivity index (χ1v) is 6.86. The van der Waals surface area contributed by atoms with Crippen molar-refractivity contribution in [1.82, 2.24) is 0 Å². The highest BCUT2D eigenvalue weighted by atomic mass is 16.6. The van der Waals surface area contributed by atoms with Crippen LogP contribution in [0.1, 0.15) is 41.5 Å². The molecule has 110 valence electrons. The second-order valence-corrected chi connectivity index (χ2v) is 5.07. The molecule has 0 saturated heterocycles. The molecule has 0 saturated carbocycles. The third kappa shape index (κ3) is 4.37. The molecule has 0 radical (unpaired) electrons. The van der Waals surface area contributed by atoms with Crippen molar-refractivity contribution in [2.75, 3.05) is 13.2 Å². The van der Waals surface area contributed by atoms with Gasteiger partial charge in [-0.1, -0.05) is 39.8 Å². The molecule has 0 fully saturated rings. The van der Waals surface area contributed by atoms with Crippen LogP contribution in [0.4, 0.5) is 0 Å². The molecular weight excluding hydrogens is 244 g/mol. The van der Waals surface area contributed by atoms with Crippen LogP contribution in [-0.2, 0) is 19.1 Å². The highest BCUT2D eigenvalue weighted by Gasteiger charge is 2.49. The van der Waals surface area contributed by atoms with Crippen LogP contribution in [0, 0.1) is 17.3 Å². The lowest BCUT2D eigenvalue weighted by molar-refractivity contribution is -0.171. The Kier molecular flexibility index (Phi) is 7.42. The summed E-state index contributed by atoms with van der Waals surface area (Å²) >= 11 is 0. The van der Waals surface area contributed by atoms with Crippen molar-refractivity contribution < 1.29 is 19.1 Å². The van der Waals surface area contributed by atoms with Gasteiger partial charge in [0.1, 0.15) is 0 Å². The summed E-state index contributed by atoms with van der Waals surface area (Å²) in [5.41, 5.74) is -1.35. The number of carbonyl (C=O) groups is 2. The van der Waals surface area contributed by atoms with Crippen molar-refractivity contribution in [1.29, 1.82) is 0 Å². The summed E-state index contributed by atoms with van der Waals surface area (Å²) in [5.74, 6) is -1.08. The van der Waals surface area contributed by atoms with Crippen LogP contribution >= 0.6 is 0 Å². The molecule has 0 heterocycles. The van der Waals surface area contributed by atoms with E-state index in [0.29, 0.717) is 0 Å². The van der Waals surface area contributed by atoms with E-state index in [2.05, 4.69) is 0 Å². The first-order chi connectivity index (χ1) is 8.82. The van der Waals surface area contributed by atoms with E-state index in [4.69, 9.17) is 9.47 Å². The molecule has 0 rings (SSSR count). The average Bonchev–Trinajstić information content (AvgIpc) is 2.29. The summed E-state index contributed by atoms with van der Waals surface area (Å²) in [7, 11) is 0. The Bertz CT molecular complexity index is 311. The minimum atomic E-state index is -1.35. The lowest BCUT2D eigenvalue weighted by atomic mass is 9.76. The summed E-state index contributed by atoms with van der Waals surface area (Å²) in [6.07, 6.45) is 3.48. The summed E-state index contributed by atoms with van der Waals surface area (Å²) in [6, 6.07) is 0. The standard InChI is InChI=1S/C15H26O4/c1-7-18-13(16)15(12(5)6,10-9-11(3)4)14(17)19-8-2/h9-12H,7-8H2,1-6H3/b10-9+. The fourth-order valence-corrected chi connectivity index (χ4v) is 1.73. The van der Waals surface area contributed by atoms with Crippen LogP contribution in [-0.4, -0.2) is 25.2 Å². The van der Waals surface area contributed by atoms with E-state index in [0.717, 1.165) is 0 Å². The maximum absolute atomic E-state index is 12.3. The van der Waals surface area contributed by atoms with Crippen LogP contribution in [0.5, 0.6) is 0 Å². The van der Waals surface area contributed by atoms with Gasteiger partial charge in [0.2, 0.25) is 0 Å². The maximum Gasteiger partial charge on any atom is 0.327 e. The second kappa shape index (κ2) is 7.97. The van der Waals surface area contributed by atoms with Gasteiger partial charge in [0.15, 0.2) is 5.41 Å². The van der Waals surface area contributed by atoms with Gasteiger partial charge in [-0.2, -0.15) is 0 Å². The number of esters is 2. The van der Waals surface area contributed by atoms with Crippen molar-refractivity contribution in [3.05, 3.63) is 12.2 Å². The van der Waals surface area contributed by atoms with Gasteiger partial charge < -0.3 is 9.47 Å². The first kappa shape index (κ1) is 17.7. The third-order valence-electron chi connectivity index (χ3n) is 2.88. The van der Waals surface area contributed by atoms with E-state index in [1.165, 1.54) is 0 Å². The van der Waals surface area contributed by atoms with E-state index in [9.17, 15) is 9.59 Å². The first-order valence-electron chi connectivity index (χ1n) is 6.86. The summed E-state index contributed by atoms with van der Waals surface area (Å²) < 4.78 is 10.2. The molecule has 4 nitrogen and oxygen atoms in total. The van der Waals surface area contributed by atoms with Crippen LogP contribution < -0.4 is 0 Å². The highest BCUT2D eigenvalue weighted by Crippen LogP contribution is 2.33. The molecule has 0 amide bonds. The minimum Gasteiger partial charge on any atom is -0.465 e. The molecule has 4 heteroatoms. The Hall–Kier alpha value is -1.32. The zero-order valence-electron chi connectivity index (χ0n) is 12.9. The number of ether oxygens (including phenoxy) is 2. The van der Waals surface area contributed by atoms with E-state index in [1.807, 2.05) is 33.8 Å².